The van der Waals surface area contributed by atoms with E-state index in [1.807, 2.05) is 44.9 Å². The predicted molar refractivity (Wildman–Crippen MR) is 123 cm³/mol. The van der Waals surface area contributed by atoms with Crippen LogP contribution in [0.3, 0.4) is 0 Å². The quantitative estimate of drug-likeness (QED) is 0.568. The molecule has 1 saturated carbocycles. The lowest BCUT2D eigenvalue weighted by Gasteiger charge is -2.33. The Labute approximate surface area is 188 Å². The van der Waals surface area contributed by atoms with E-state index < -0.39 is 11.4 Å². The van der Waals surface area contributed by atoms with Crippen LogP contribution in [-0.2, 0) is 16.8 Å². The molecule has 3 heterocycles. The first-order valence-corrected chi connectivity index (χ1v) is 12.7. The Morgan fingerprint density at radius 1 is 1.19 bits per heavy atom. The number of carbonyl (C=O) groups is 1. The number of piperazine rings is 1. The summed E-state index contributed by atoms with van der Waals surface area (Å²) in [5, 5.41) is 11.5. The Bertz CT molecular complexity index is 1170. The van der Waals surface area contributed by atoms with E-state index in [-0.39, 0.29) is 11.3 Å². The number of thiophene rings is 1. The Balaban J connectivity index is 1.51. The molecule has 0 spiro atoms. The number of nitriles is 1. The van der Waals surface area contributed by atoms with Crippen molar-refractivity contribution in [1.29, 1.82) is 5.26 Å². The minimum absolute atomic E-state index is 0.0425. The molecular formula is C23H22N4O2S2. The van der Waals surface area contributed by atoms with E-state index in [1.165, 1.54) is 0 Å². The normalized spacial score (nSPS) is 19.2. The van der Waals surface area contributed by atoms with Crippen molar-refractivity contribution in [2.75, 3.05) is 32.4 Å². The first-order chi connectivity index (χ1) is 15.0. The average molecular weight is 451 g/mol. The van der Waals surface area contributed by atoms with Crippen molar-refractivity contribution in [3.05, 3.63) is 53.0 Å². The topological polar surface area (TPSA) is 83.3 Å². The highest BCUT2D eigenvalue weighted by Crippen LogP contribution is 2.48. The highest BCUT2D eigenvalue weighted by molar-refractivity contribution is 7.88. The van der Waals surface area contributed by atoms with Gasteiger partial charge in [0.25, 0.3) is 5.91 Å². The van der Waals surface area contributed by atoms with Crippen LogP contribution in [-0.4, -0.2) is 57.1 Å². The molecular weight excluding hydrogens is 428 g/mol. The van der Waals surface area contributed by atoms with Gasteiger partial charge in [0.1, 0.15) is 6.26 Å². The third kappa shape index (κ3) is 3.62. The van der Waals surface area contributed by atoms with Crippen LogP contribution in [0.25, 0.3) is 21.3 Å². The summed E-state index contributed by atoms with van der Waals surface area (Å²) in [5.74, 6) is -0.0425. The number of nitrogens with zero attached hydrogens (tertiary/aromatic N) is 4. The van der Waals surface area contributed by atoms with Gasteiger partial charge in [0, 0.05) is 36.2 Å². The Hall–Kier alpha value is -2.44. The summed E-state index contributed by atoms with van der Waals surface area (Å²) in [7, 11) is 0. The molecule has 5 rings (SSSR count). The maximum absolute atomic E-state index is 13.5. The Morgan fingerprint density at radius 2 is 1.90 bits per heavy atom. The molecule has 158 valence electrons. The molecule has 1 amide bonds. The predicted octanol–water partition coefficient (Wildman–Crippen LogP) is 3.57. The zero-order valence-electron chi connectivity index (χ0n) is 17.2. The molecule has 0 N–H and O–H groups in total. The van der Waals surface area contributed by atoms with Gasteiger partial charge in [0.2, 0.25) is 0 Å². The molecule has 1 saturated heterocycles. The molecule has 8 heteroatoms. The van der Waals surface area contributed by atoms with Gasteiger partial charge in [-0.15, -0.1) is 15.6 Å². The monoisotopic (exact) mass is 450 g/mol. The van der Waals surface area contributed by atoms with E-state index in [4.69, 9.17) is 0 Å². The van der Waals surface area contributed by atoms with Crippen LogP contribution in [0, 0.1) is 11.3 Å². The molecule has 6 nitrogen and oxygen atoms in total. The van der Waals surface area contributed by atoms with Gasteiger partial charge in [-0.1, -0.05) is 24.3 Å². The average Bonchev–Trinajstić information content (AvgIpc) is 3.46. The molecule has 1 aliphatic carbocycles. The Morgan fingerprint density at radius 3 is 2.52 bits per heavy atom. The van der Waals surface area contributed by atoms with Gasteiger partial charge >= 0.3 is 0 Å². The number of pyridine rings is 1. The number of aromatic nitrogens is 1. The third-order valence-electron chi connectivity index (χ3n) is 6.28. The van der Waals surface area contributed by atoms with Gasteiger partial charge in [0.05, 0.1) is 40.4 Å². The van der Waals surface area contributed by atoms with E-state index in [0.717, 1.165) is 39.7 Å². The van der Waals surface area contributed by atoms with Crippen LogP contribution < -0.4 is 0 Å². The Kier molecular flexibility index (Phi) is 5.22. The number of amides is 1. The van der Waals surface area contributed by atoms with Crippen molar-refractivity contribution in [1.82, 2.24) is 14.2 Å². The minimum Gasteiger partial charge on any atom is -0.598 e. The van der Waals surface area contributed by atoms with Gasteiger partial charge in [-0.2, -0.15) is 5.26 Å². The fourth-order valence-corrected chi connectivity index (χ4v) is 5.82. The summed E-state index contributed by atoms with van der Waals surface area (Å²) in [6.45, 7) is 2.29. The fraction of sp³-hybridized carbons (Fsp3) is 0.348. The second-order valence-electron chi connectivity index (χ2n) is 8.10. The summed E-state index contributed by atoms with van der Waals surface area (Å²) in [4.78, 5) is 19.8. The van der Waals surface area contributed by atoms with Gasteiger partial charge in [-0.25, -0.2) is 0 Å². The largest absolute Gasteiger partial charge is 0.598 e. The zero-order chi connectivity index (χ0) is 21.6. The molecule has 1 aliphatic heterocycles. The highest BCUT2D eigenvalue weighted by Gasteiger charge is 2.44. The summed E-state index contributed by atoms with van der Waals surface area (Å²) >= 11 is 0.568. The first kappa shape index (κ1) is 20.5. The lowest BCUT2D eigenvalue weighted by atomic mass is 9.93. The van der Waals surface area contributed by atoms with Crippen molar-refractivity contribution in [3.8, 4) is 17.2 Å². The van der Waals surface area contributed by atoms with E-state index in [9.17, 15) is 14.6 Å². The van der Waals surface area contributed by atoms with E-state index in [0.29, 0.717) is 31.7 Å². The van der Waals surface area contributed by atoms with Gasteiger partial charge in [-0.05, 0) is 35.4 Å². The maximum atomic E-state index is 13.5. The summed E-state index contributed by atoms with van der Waals surface area (Å²) < 4.78 is 14.6. The second kappa shape index (κ2) is 7.92. The first-order valence-electron chi connectivity index (χ1n) is 10.3. The molecule has 1 unspecified atom stereocenters. The number of hydrogen-bond acceptors (Lipinski definition) is 6. The lowest BCUT2D eigenvalue weighted by Crippen LogP contribution is -2.50. The zero-order valence-corrected chi connectivity index (χ0v) is 18.8. The van der Waals surface area contributed by atoms with E-state index in [2.05, 4.69) is 11.1 Å². The number of hydrogen-bond donors (Lipinski definition) is 0. The maximum Gasteiger partial charge on any atom is 0.256 e. The molecule has 0 radical (unpaired) electrons. The van der Waals surface area contributed by atoms with Crippen LogP contribution in [0.15, 0.2) is 41.9 Å². The minimum atomic E-state index is -1.02. The molecule has 1 atom stereocenters. The molecule has 2 aliphatic rings. The van der Waals surface area contributed by atoms with Crippen LogP contribution in [0.4, 0.5) is 0 Å². The number of rotatable bonds is 4. The second-order valence-corrected chi connectivity index (χ2v) is 10.4. The molecule has 1 aromatic carbocycles. The smallest absolute Gasteiger partial charge is 0.256 e. The standard InChI is InChI=1S/C23H22N4O2S2/c1-31(29)27-11-9-26(10-12-27)22(28)18-14-25-19-6-13-30-21(19)20(18)16-2-4-17(5-3-16)23(15-24)7-8-23/h2-6,13-14H,7-12H2,1H3. The molecule has 31 heavy (non-hydrogen) atoms. The van der Waals surface area contributed by atoms with E-state index >= 15 is 0 Å². The molecule has 2 fully saturated rings. The van der Waals surface area contributed by atoms with Crippen molar-refractivity contribution >= 4 is 38.8 Å². The molecule has 3 aromatic rings. The lowest BCUT2D eigenvalue weighted by molar-refractivity contribution is 0.0699. The van der Waals surface area contributed by atoms with Crippen molar-refractivity contribution in [3.63, 3.8) is 0 Å². The summed E-state index contributed by atoms with van der Waals surface area (Å²) in [6, 6.07) is 12.5. The number of carbonyl (C=O) groups excluding carboxylic acids is 1. The van der Waals surface area contributed by atoms with Gasteiger partial charge in [0.15, 0.2) is 0 Å². The van der Waals surface area contributed by atoms with Crippen molar-refractivity contribution in [2.45, 2.75) is 18.3 Å². The van der Waals surface area contributed by atoms with Gasteiger partial charge in [-0.3, -0.25) is 9.78 Å². The van der Waals surface area contributed by atoms with E-state index in [1.54, 1.807) is 23.8 Å². The summed E-state index contributed by atoms with van der Waals surface area (Å²) in [5.41, 5.74) is 4.06. The van der Waals surface area contributed by atoms with Crippen LogP contribution in [0.1, 0.15) is 28.8 Å². The SMILES string of the molecule is C[S+]([O-])N1CCN(C(=O)c2cnc3ccsc3c2-c2ccc(C3(C#N)CC3)cc2)CC1. The van der Waals surface area contributed by atoms with Crippen LogP contribution in [0.5, 0.6) is 0 Å². The number of fused-ring (bicyclic) bond motifs is 1. The third-order valence-corrected chi connectivity index (χ3v) is 8.30. The molecule has 2 aromatic heterocycles. The summed E-state index contributed by atoms with van der Waals surface area (Å²) in [6.07, 6.45) is 5.17. The molecule has 0 bridgehead atoms. The fourth-order valence-electron chi connectivity index (χ4n) is 4.23. The van der Waals surface area contributed by atoms with Gasteiger partial charge < -0.3 is 9.45 Å². The van der Waals surface area contributed by atoms with Crippen molar-refractivity contribution < 1.29 is 9.35 Å². The van der Waals surface area contributed by atoms with Crippen LogP contribution in [0.2, 0.25) is 0 Å². The van der Waals surface area contributed by atoms with Crippen molar-refractivity contribution in [2.24, 2.45) is 0 Å². The highest BCUT2D eigenvalue weighted by atomic mass is 32.2. The van der Waals surface area contributed by atoms with Crippen LogP contribution >= 0.6 is 11.3 Å². The number of benzene rings is 1.